The van der Waals surface area contributed by atoms with E-state index in [1.165, 1.54) is 11.3 Å². The first-order valence-electron chi connectivity index (χ1n) is 4.45. The van der Waals surface area contributed by atoms with Crippen LogP contribution in [0.4, 0.5) is 0 Å². The van der Waals surface area contributed by atoms with E-state index in [1.807, 2.05) is 5.38 Å². The van der Waals surface area contributed by atoms with Gasteiger partial charge in [0.2, 0.25) is 0 Å². The van der Waals surface area contributed by atoms with Crippen molar-refractivity contribution < 1.29 is 13.6 Å². The number of hydrogen-bond donors (Lipinski definition) is 0. The van der Waals surface area contributed by atoms with Crippen molar-refractivity contribution in [2.45, 2.75) is 20.0 Å². The van der Waals surface area contributed by atoms with Gasteiger partial charge in [-0.1, -0.05) is 0 Å². The molecule has 1 heterocycles. The second-order valence-corrected chi connectivity index (χ2v) is 5.36. The highest BCUT2D eigenvalue weighted by Crippen LogP contribution is 2.50. The molecule has 0 aliphatic carbocycles. The van der Waals surface area contributed by atoms with Crippen molar-refractivity contribution in [3.8, 4) is 0 Å². The van der Waals surface area contributed by atoms with Gasteiger partial charge in [0.05, 0.1) is 30.6 Å². The first-order valence-corrected chi connectivity index (χ1v) is 7.12. The summed E-state index contributed by atoms with van der Waals surface area (Å²) >= 11 is 1.47. The van der Waals surface area contributed by atoms with Crippen LogP contribution in [0.3, 0.4) is 0 Å². The zero-order valence-electron chi connectivity index (χ0n) is 8.30. The van der Waals surface area contributed by atoms with Crippen LogP contribution in [0.15, 0.2) is 10.9 Å². The van der Waals surface area contributed by atoms with Crippen molar-refractivity contribution in [3.05, 3.63) is 16.6 Å². The third-order valence-corrected chi connectivity index (χ3v) is 4.14. The summed E-state index contributed by atoms with van der Waals surface area (Å²) in [6.45, 7) is 4.38. The van der Waals surface area contributed by atoms with Crippen molar-refractivity contribution in [1.29, 1.82) is 0 Å². The van der Waals surface area contributed by atoms with Crippen molar-refractivity contribution in [2.75, 3.05) is 13.2 Å². The summed E-state index contributed by atoms with van der Waals surface area (Å²) in [5.74, 6) is 0. The molecule has 0 aliphatic heterocycles. The molecule has 0 spiro atoms. The largest absolute Gasteiger partial charge is 0.336 e. The molecule has 0 aromatic carbocycles. The smallest absolute Gasteiger partial charge is 0.309 e. The predicted molar refractivity (Wildman–Crippen MR) is 56.7 cm³/mol. The van der Waals surface area contributed by atoms with Gasteiger partial charge in [0, 0.05) is 5.38 Å². The molecule has 6 heteroatoms. The molecule has 4 nitrogen and oxygen atoms in total. The molecule has 0 aliphatic rings. The average molecular weight is 235 g/mol. The fourth-order valence-electron chi connectivity index (χ4n) is 1.04. The first kappa shape index (κ1) is 11.9. The topological polar surface area (TPSA) is 48.4 Å². The van der Waals surface area contributed by atoms with Gasteiger partial charge in [0.25, 0.3) is 0 Å². The van der Waals surface area contributed by atoms with E-state index < -0.39 is 7.60 Å². The van der Waals surface area contributed by atoms with Gasteiger partial charge in [-0.3, -0.25) is 4.57 Å². The fraction of sp³-hybridized carbons (Fsp3) is 0.625. The zero-order chi connectivity index (χ0) is 10.4. The highest BCUT2D eigenvalue weighted by atomic mass is 32.1. The van der Waals surface area contributed by atoms with Gasteiger partial charge in [-0.25, -0.2) is 4.98 Å². The Morgan fingerprint density at radius 3 is 2.50 bits per heavy atom. The minimum absolute atomic E-state index is 0.262. The Balaban J connectivity index is 2.64. The molecule has 1 rings (SSSR count). The van der Waals surface area contributed by atoms with E-state index in [2.05, 4.69) is 4.98 Å². The van der Waals surface area contributed by atoms with E-state index in [4.69, 9.17) is 9.05 Å². The van der Waals surface area contributed by atoms with Crippen LogP contribution < -0.4 is 0 Å². The standard InChI is InChI=1S/C8H14NO3PS/c1-3-11-13(10,12-4-2)5-8-6-14-7-9-8/h6-7H,3-5H2,1-2H3. The highest BCUT2D eigenvalue weighted by molar-refractivity contribution is 7.53. The van der Waals surface area contributed by atoms with Gasteiger partial charge in [-0.2, -0.15) is 0 Å². The Morgan fingerprint density at radius 1 is 1.43 bits per heavy atom. The van der Waals surface area contributed by atoms with Crippen LogP contribution in [0.2, 0.25) is 0 Å². The van der Waals surface area contributed by atoms with Gasteiger partial charge in [0.1, 0.15) is 0 Å². The molecule has 0 saturated carbocycles. The Labute approximate surface area is 87.8 Å². The van der Waals surface area contributed by atoms with Gasteiger partial charge >= 0.3 is 7.60 Å². The minimum atomic E-state index is -2.96. The predicted octanol–water partition coefficient (Wildman–Crippen LogP) is 2.91. The van der Waals surface area contributed by atoms with Crippen LogP contribution in [0.5, 0.6) is 0 Å². The lowest BCUT2D eigenvalue weighted by Gasteiger charge is -2.15. The van der Waals surface area contributed by atoms with Crippen LogP contribution >= 0.6 is 18.9 Å². The summed E-state index contributed by atoms with van der Waals surface area (Å²) in [6, 6.07) is 0. The van der Waals surface area contributed by atoms with Crippen molar-refractivity contribution >= 4 is 18.9 Å². The van der Waals surface area contributed by atoms with Crippen LogP contribution in [0, 0.1) is 0 Å². The van der Waals surface area contributed by atoms with E-state index in [0.717, 1.165) is 5.69 Å². The minimum Gasteiger partial charge on any atom is -0.309 e. The van der Waals surface area contributed by atoms with Gasteiger partial charge in [0.15, 0.2) is 0 Å². The molecule has 1 aromatic rings. The molecule has 1 aromatic heterocycles. The summed E-state index contributed by atoms with van der Waals surface area (Å²) in [5, 5.41) is 1.85. The molecule has 0 N–H and O–H groups in total. The summed E-state index contributed by atoms with van der Waals surface area (Å²) in [6.07, 6.45) is 0.262. The third-order valence-electron chi connectivity index (χ3n) is 1.49. The van der Waals surface area contributed by atoms with E-state index in [9.17, 15) is 4.57 Å². The number of aromatic nitrogens is 1. The molecule has 0 unspecified atom stereocenters. The van der Waals surface area contributed by atoms with Gasteiger partial charge < -0.3 is 9.05 Å². The van der Waals surface area contributed by atoms with E-state index in [1.54, 1.807) is 19.4 Å². The third kappa shape index (κ3) is 3.50. The Morgan fingerprint density at radius 2 is 2.07 bits per heavy atom. The van der Waals surface area contributed by atoms with Crippen LogP contribution in [-0.4, -0.2) is 18.2 Å². The highest BCUT2D eigenvalue weighted by Gasteiger charge is 2.24. The van der Waals surface area contributed by atoms with E-state index >= 15 is 0 Å². The quantitative estimate of drug-likeness (QED) is 0.711. The number of nitrogens with zero attached hydrogens (tertiary/aromatic N) is 1. The van der Waals surface area contributed by atoms with Crippen molar-refractivity contribution in [2.24, 2.45) is 0 Å². The van der Waals surface area contributed by atoms with Crippen LogP contribution in [0.25, 0.3) is 0 Å². The molecule has 0 radical (unpaired) electrons. The Kier molecular flexibility index (Phi) is 4.75. The van der Waals surface area contributed by atoms with E-state index in [-0.39, 0.29) is 6.16 Å². The zero-order valence-corrected chi connectivity index (χ0v) is 10.0. The average Bonchev–Trinajstić information content (AvgIpc) is 2.57. The Bertz CT molecular complexity index is 292. The molecular weight excluding hydrogens is 221 g/mol. The van der Waals surface area contributed by atoms with Crippen LogP contribution in [-0.2, 0) is 19.8 Å². The maximum atomic E-state index is 12.0. The monoisotopic (exact) mass is 235 g/mol. The van der Waals surface area contributed by atoms with Crippen LogP contribution in [0.1, 0.15) is 19.5 Å². The molecular formula is C8H14NO3PS. The number of hydrogen-bond acceptors (Lipinski definition) is 5. The fourth-order valence-corrected chi connectivity index (χ4v) is 3.33. The lowest BCUT2D eigenvalue weighted by Crippen LogP contribution is -1.99. The summed E-state index contributed by atoms with van der Waals surface area (Å²) < 4.78 is 22.3. The summed E-state index contributed by atoms with van der Waals surface area (Å²) in [5.41, 5.74) is 2.47. The molecule has 14 heavy (non-hydrogen) atoms. The number of rotatable bonds is 6. The second kappa shape index (κ2) is 5.61. The normalized spacial score (nSPS) is 11.9. The SMILES string of the molecule is CCOP(=O)(Cc1cscn1)OCC. The lowest BCUT2D eigenvalue weighted by atomic mass is 10.6. The van der Waals surface area contributed by atoms with Gasteiger partial charge in [-0.15, -0.1) is 11.3 Å². The molecule has 0 amide bonds. The van der Waals surface area contributed by atoms with Gasteiger partial charge in [-0.05, 0) is 13.8 Å². The number of thiazole rings is 1. The lowest BCUT2D eigenvalue weighted by molar-refractivity contribution is 0.219. The molecule has 80 valence electrons. The molecule has 0 saturated heterocycles. The van der Waals surface area contributed by atoms with E-state index in [0.29, 0.717) is 13.2 Å². The maximum Gasteiger partial charge on any atom is 0.336 e. The van der Waals surface area contributed by atoms with Crippen molar-refractivity contribution in [3.63, 3.8) is 0 Å². The first-order chi connectivity index (χ1) is 6.70. The Hall–Kier alpha value is -0.220. The van der Waals surface area contributed by atoms with Crippen molar-refractivity contribution in [1.82, 2.24) is 4.98 Å². The molecule has 0 bridgehead atoms. The summed E-state index contributed by atoms with van der Waals surface area (Å²) in [4.78, 5) is 4.05. The summed E-state index contributed by atoms with van der Waals surface area (Å²) in [7, 11) is -2.96. The second-order valence-electron chi connectivity index (χ2n) is 2.58. The molecule has 0 atom stereocenters. The molecule has 0 fully saturated rings. The maximum absolute atomic E-state index is 12.0.